The van der Waals surface area contributed by atoms with Crippen LogP contribution in [0.5, 0.6) is 5.75 Å². The van der Waals surface area contributed by atoms with E-state index in [0.29, 0.717) is 6.54 Å². The molecule has 1 amide bonds. The van der Waals surface area contributed by atoms with E-state index in [9.17, 15) is 4.79 Å². The van der Waals surface area contributed by atoms with E-state index in [-0.39, 0.29) is 17.6 Å². The maximum absolute atomic E-state index is 12.5. The number of fused-ring (bicyclic) bond motifs is 5. The molecule has 0 radical (unpaired) electrons. The third-order valence-corrected chi connectivity index (χ3v) is 5.92. The summed E-state index contributed by atoms with van der Waals surface area (Å²) in [5.41, 5.74) is 3.49. The quantitative estimate of drug-likeness (QED) is 0.834. The molecule has 2 atom stereocenters. The Morgan fingerprint density at radius 1 is 1.40 bits per heavy atom. The molecule has 0 saturated heterocycles. The minimum atomic E-state index is -0.261. The zero-order chi connectivity index (χ0) is 17.6. The van der Waals surface area contributed by atoms with Crippen LogP contribution in [0, 0.1) is 5.41 Å². The van der Waals surface area contributed by atoms with Crippen LogP contribution in [0.3, 0.4) is 0 Å². The number of carbonyl (C=O) groups is 1. The fraction of sp³-hybridized carbons (Fsp3) is 0.450. The Morgan fingerprint density at radius 3 is 2.96 bits per heavy atom. The number of nitrogens with zero attached hydrogens (tertiary/aromatic N) is 1. The maximum atomic E-state index is 12.5. The van der Waals surface area contributed by atoms with Crippen molar-refractivity contribution in [2.45, 2.75) is 32.2 Å². The van der Waals surface area contributed by atoms with Crippen molar-refractivity contribution in [2.75, 3.05) is 20.8 Å². The van der Waals surface area contributed by atoms with Crippen molar-refractivity contribution >= 4 is 17.0 Å². The van der Waals surface area contributed by atoms with Gasteiger partial charge in [-0.05, 0) is 31.4 Å². The molecule has 2 aromatic rings. The highest BCUT2D eigenvalue weighted by atomic mass is 16.5. The fourth-order valence-corrected chi connectivity index (χ4v) is 4.60. The average Bonchev–Trinajstić information content (AvgIpc) is 3.04. The van der Waals surface area contributed by atoms with E-state index < -0.39 is 0 Å². The Labute approximate surface area is 147 Å². The van der Waals surface area contributed by atoms with Crippen molar-refractivity contribution in [1.29, 1.82) is 0 Å². The van der Waals surface area contributed by atoms with E-state index in [1.807, 2.05) is 17.0 Å². The molecule has 0 spiro atoms. The van der Waals surface area contributed by atoms with Crippen LogP contribution in [-0.2, 0) is 11.2 Å². The molecule has 0 fully saturated rings. The largest absolute Gasteiger partial charge is 0.497 e. The van der Waals surface area contributed by atoms with Gasteiger partial charge in [0.05, 0.1) is 20.3 Å². The van der Waals surface area contributed by atoms with Gasteiger partial charge in [0.1, 0.15) is 5.75 Å². The molecule has 1 N–H and O–H groups in total. The molecule has 5 nitrogen and oxygen atoms in total. The van der Waals surface area contributed by atoms with E-state index in [0.717, 1.165) is 30.5 Å². The van der Waals surface area contributed by atoms with Gasteiger partial charge in [-0.25, -0.2) is 4.79 Å². The van der Waals surface area contributed by atoms with Gasteiger partial charge in [0.2, 0.25) is 0 Å². The summed E-state index contributed by atoms with van der Waals surface area (Å²) >= 11 is 0. The van der Waals surface area contributed by atoms with Gasteiger partial charge >= 0.3 is 6.09 Å². The van der Waals surface area contributed by atoms with Crippen molar-refractivity contribution in [2.24, 2.45) is 5.41 Å². The van der Waals surface area contributed by atoms with Crippen LogP contribution in [0.15, 0.2) is 30.4 Å². The summed E-state index contributed by atoms with van der Waals surface area (Å²) in [5.74, 6) is 0.834. The highest BCUT2D eigenvalue weighted by Gasteiger charge is 2.48. The number of aromatic nitrogens is 1. The van der Waals surface area contributed by atoms with E-state index >= 15 is 0 Å². The Morgan fingerprint density at radius 2 is 2.24 bits per heavy atom. The zero-order valence-corrected chi connectivity index (χ0v) is 15.0. The molecule has 5 heteroatoms. The predicted octanol–water partition coefficient (Wildman–Crippen LogP) is 4.20. The molecule has 132 valence electrons. The summed E-state index contributed by atoms with van der Waals surface area (Å²) in [5, 5.41) is 1.17. The molecule has 1 aliphatic carbocycles. The van der Waals surface area contributed by atoms with Gasteiger partial charge in [-0.3, -0.25) is 4.90 Å². The number of rotatable bonds is 2. The lowest BCUT2D eigenvalue weighted by atomic mass is 9.65. The minimum Gasteiger partial charge on any atom is -0.497 e. The molecule has 2 heterocycles. The molecule has 25 heavy (non-hydrogen) atoms. The first kappa shape index (κ1) is 16.1. The Bertz CT molecular complexity index is 854. The first-order valence-corrected chi connectivity index (χ1v) is 8.84. The first-order chi connectivity index (χ1) is 12.1. The van der Waals surface area contributed by atoms with Crippen molar-refractivity contribution in [3.63, 3.8) is 0 Å². The molecule has 4 rings (SSSR count). The number of amides is 1. The summed E-state index contributed by atoms with van der Waals surface area (Å²) in [6.07, 6.45) is 7.17. The SMILES string of the molecule is CC[C@]12C=CCN(C(=O)OC)[C@H]1c1c([nH]c3cc(OC)ccc13)CC2. The normalized spacial score (nSPS) is 24.8. The van der Waals surface area contributed by atoms with E-state index in [1.54, 1.807) is 7.11 Å². The van der Waals surface area contributed by atoms with E-state index in [1.165, 1.54) is 23.8 Å². The molecular formula is C20H24N2O3. The van der Waals surface area contributed by atoms with Crippen LogP contribution in [0.25, 0.3) is 10.9 Å². The number of nitrogens with one attached hydrogen (secondary N) is 1. The third-order valence-electron chi connectivity index (χ3n) is 5.92. The lowest BCUT2D eigenvalue weighted by molar-refractivity contribution is 0.0558. The molecule has 1 aromatic carbocycles. The minimum absolute atomic E-state index is 0.000782. The molecule has 0 unspecified atom stereocenters. The number of carbonyl (C=O) groups excluding carboxylic acids is 1. The second kappa shape index (κ2) is 5.83. The van der Waals surface area contributed by atoms with E-state index in [4.69, 9.17) is 9.47 Å². The smallest absolute Gasteiger partial charge is 0.410 e. The third kappa shape index (κ3) is 2.25. The molecule has 1 aliphatic heterocycles. The van der Waals surface area contributed by atoms with Crippen LogP contribution in [0.4, 0.5) is 4.79 Å². The number of methoxy groups -OCH3 is 2. The topological polar surface area (TPSA) is 54.6 Å². The number of hydrogen-bond acceptors (Lipinski definition) is 3. The predicted molar refractivity (Wildman–Crippen MR) is 96.9 cm³/mol. The number of H-pyrrole nitrogens is 1. The van der Waals surface area contributed by atoms with Gasteiger partial charge < -0.3 is 14.5 Å². The van der Waals surface area contributed by atoms with Gasteiger partial charge in [-0.1, -0.05) is 19.1 Å². The van der Waals surface area contributed by atoms with Crippen molar-refractivity contribution in [3.05, 3.63) is 41.6 Å². The Kier molecular flexibility index (Phi) is 3.74. The summed E-state index contributed by atoms with van der Waals surface area (Å²) in [7, 11) is 3.13. The molecule has 2 aliphatic rings. The molecule has 0 bridgehead atoms. The van der Waals surface area contributed by atoms with Crippen LogP contribution in [0.2, 0.25) is 0 Å². The Balaban J connectivity index is 1.94. The number of benzene rings is 1. The van der Waals surface area contributed by atoms with Crippen molar-refractivity contribution < 1.29 is 14.3 Å². The van der Waals surface area contributed by atoms with Gasteiger partial charge in [-0.15, -0.1) is 0 Å². The average molecular weight is 340 g/mol. The summed E-state index contributed by atoms with van der Waals surface area (Å²) in [4.78, 5) is 17.9. The monoisotopic (exact) mass is 340 g/mol. The number of aromatic amines is 1. The summed E-state index contributed by atoms with van der Waals surface area (Å²) in [6.45, 7) is 2.79. The van der Waals surface area contributed by atoms with Crippen LogP contribution >= 0.6 is 0 Å². The van der Waals surface area contributed by atoms with Gasteiger partial charge in [0.25, 0.3) is 0 Å². The fourth-order valence-electron chi connectivity index (χ4n) is 4.60. The number of aryl methyl sites for hydroxylation is 1. The Hall–Kier alpha value is -2.43. The lowest BCUT2D eigenvalue weighted by Crippen LogP contribution is -2.48. The molecular weight excluding hydrogens is 316 g/mol. The van der Waals surface area contributed by atoms with E-state index in [2.05, 4.69) is 30.1 Å². The highest BCUT2D eigenvalue weighted by molar-refractivity contribution is 5.87. The van der Waals surface area contributed by atoms with Crippen LogP contribution in [-0.4, -0.2) is 36.7 Å². The molecule has 0 saturated carbocycles. The zero-order valence-electron chi connectivity index (χ0n) is 15.0. The lowest BCUT2D eigenvalue weighted by Gasteiger charge is -2.49. The summed E-state index contributed by atoms with van der Waals surface area (Å²) < 4.78 is 10.5. The molecule has 1 aromatic heterocycles. The van der Waals surface area contributed by atoms with Crippen molar-refractivity contribution in [3.8, 4) is 5.75 Å². The number of ether oxygens (including phenoxy) is 2. The van der Waals surface area contributed by atoms with Crippen LogP contribution < -0.4 is 4.74 Å². The first-order valence-electron chi connectivity index (χ1n) is 8.84. The highest BCUT2D eigenvalue weighted by Crippen LogP contribution is 2.54. The second-order valence-electron chi connectivity index (χ2n) is 6.94. The second-order valence-corrected chi connectivity index (χ2v) is 6.94. The van der Waals surface area contributed by atoms with Gasteiger partial charge in [-0.2, -0.15) is 0 Å². The standard InChI is InChI=1S/C20H24N2O3/c1-4-20-9-5-11-22(19(23)25-3)18(20)17-14-7-6-13(24-2)12-16(14)21-15(17)8-10-20/h5-7,9,12,18,21H,4,8,10-11H2,1-3H3/t18-,20+/m0/s1. The van der Waals surface area contributed by atoms with Crippen molar-refractivity contribution in [1.82, 2.24) is 9.88 Å². The maximum Gasteiger partial charge on any atom is 0.410 e. The summed E-state index contributed by atoms with van der Waals surface area (Å²) in [6, 6.07) is 6.12. The van der Waals surface area contributed by atoms with Crippen LogP contribution in [0.1, 0.15) is 37.1 Å². The number of hydrogen-bond donors (Lipinski definition) is 1. The van der Waals surface area contributed by atoms with Gasteiger partial charge in [0, 0.05) is 40.2 Å². The van der Waals surface area contributed by atoms with Gasteiger partial charge in [0.15, 0.2) is 0 Å².